The minimum atomic E-state index is -0.294. The smallest absolute Gasteiger partial charge is 0.250 e. The van der Waals surface area contributed by atoms with Crippen molar-refractivity contribution >= 4 is 51.7 Å². The predicted molar refractivity (Wildman–Crippen MR) is 74.0 cm³/mol. The first-order valence-electron chi connectivity index (χ1n) is 4.85. The Hall–Kier alpha value is -1.43. The van der Waals surface area contributed by atoms with Gasteiger partial charge < -0.3 is 0 Å². The van der Waals surface area contributed by atoms with E-state index in [0.29, 0.717) is 20.7 Å². The van der Waals surface area contributed by atoms with Gasteiger partial charge >= 0.3 is 0 Å². The fraction of sp³-hybridized carbons (Fsp3) is 0. The van der Waals surface area contributed by atoms with Crippen molar-refractivity contribution < 1.29 is 4.79 Å². The van der Waals surface area contributed by atoms with E-state index in [1.807, 2.05) is 0 Å². The normalized spacial score (nSPS) is 10.8. The molecular weight excluding hydrogens is 293 g/mol. The van der Waals surface area contributed by atoms with Crippen molar-refractivity contribution in [2.45, 2.75) is 0 Å². The standard InChI is InChI=1S/C11H7Cl2N3OS/c12-8-3-1-7(9(13)5-8)2-4-10(17)15-11-16-14-6-18-11/h1-6H,(H,15,16,17). The van der Waals surface area contributed by atoms with Crippen LogP contribution in [0.25, 0.3) is 6.08 Å². The lowest BCUT2D eigenvalue weighted by molar-refractivity contribution is -0.111. The number of benzene rings is 1. The molecule has 0 spiro atoms. The Bertz CT molecular complexity index is 584. The van der Waals surface area contributed by atoms with Gasteiger partial charge in [-0.25, -0.2) is 0 Å². The summed E-state index contributed by atoms with van der Waals surface area (Å²) in [6, 6.07) is 5.06. The summed E-state index contributed by atoms with van der Waals surface area (Å²) in [5.74, 6) is -0.294. The van der Waals surface area contributed by atoms with Gasteiger partial charge in [0.05, 0.1) is 0 Å². The average molecular weight is 300 g/mol. The molecule has 0 aliphatic heterocycles. The molecule has 0 bridgehead atoms. The summed E-state index contributed by atoms with van der Waals surface area (Å²) < 4.78 is 0. The second-order valence-electron chi connectivity index (χ2n) is 3.23. The zero-order valence-corrected chi connectivity index (χ0v) is 11.3. The van der Waals surface area contributed by atoms with E-state index in [4.69, 9.17) is 23.2 Å². The lowest BCUT2D eigenvalue weighted by Crippen LogP contribution is -2.07. The number of hydrogen-bond acceptors (Lipinski definition) is 4. The molecular formula is C11H7Cl2N3OS. The van der Waals surface area contributed by atoms with Crippen LogP contribution >= 0.6 is 34.5 Å². The quantitative estimate of drug-likeness (QED) is 0.883. The highest BCUT2D eigenvalue weighted by atomic mass is 35.5. The lowest BCUT2D eigenvalue weighted by Gasteiger charge is -1.98. The van der Waals surface area contributed by atoms with Gasteiger partial charge in [0.15, 0.2) is 0 Å². The number of amides is 1. The van der Waals surface area contributed by atoms with E-state index in [1.165, 1.54) is 22.9 Å². The molecule has 0 aliphatic carbocycles. The summed E-state index contributed by atoms with van der Waals surface area (Å²) in [5.41, 5.74) is 2.25. The number of nitrogens with zero attached hydrogens (tertiary/aromatic N) is 2. The van der Waals surface area contributed by atoms with E-state index in [9.17, 15) is 4.79 Å². The Kier molecular flexibility index (Phi) is 4.30. The molecule has 18 heavy (non-hydrogen) atoms. The Balaban J connectivity index is 2.04. The maximum Gasteiger partial charge on any atom is 0.250 e. The molecule has 7 heteroatoms. The number of halogens is 2. The second kappa shape index (κ2) is 5.95. The molecule has 1 N–H and O–H groups in total. The Morgan fingerprint density at radius 2 is 2.22 bits per heavy atom. The van der Waals surface area contributed by atoms with Crippen molar-refractivity contribution in [2.75, 3.05) is 5.32 Å². The molecule has 0 saturated heterocycles. The van der Waals surface area contributed by atoms with E-state index in [0.717, 1.165) is 0 Å². The molecule has 1 aromatic heterocycles. The third-order valence-electron chi connectivity index (χ3n) is 1.97. The largest absolute Gasteiger partial charge is 0.297 e. The summed E-state index contributed by atoms with van der Waals surface area (Å²) in [7, 11) is 0. The third kappa shape index (κ3) is 3.53. The average Bonchev–Trinajstić information content (AvgIpc) is 2.80. The van der Waals surface area contributed by atoms with Gasteiger partial charge in [-0.05, 0) is 23.8 Å². The van der Waals surface area contributed by atoms with E-state index >= 15 is 0 Å². The summed E-state index contributed by atoms with van der Waals surface area (Å²) in [6.07, 6.45) is 2.98. The van der Waals surface area contributed by atoms with Crippen molar-refractivity contribution in [3.63, 3.8) is 0 Å². The topological polar surface area (TPSA) is 54.9 Å². The van der Waals surface area contributed by atoms with Crippen LogP contribution in [0.2, 0.25) is 10.0 Å². The summed E-state index contributed by atoms with van der Waals surface area (Å²) >= 11 is 13.0. The van der Waals surface area contributed by atoms with Gasteiger partial charge in [-0.1, -0.05) is 40.6 Å². The van der Waals surface area contributed by atoms with Crippen LogP contribution in [0.1, 0.15) is 5.56 Å². The van der Waals surface area contributed by atoms with E-state index in [-0.39, 0.29) is 5.91 Å². The highest BCUT2D eigenvalue weighted by Gasteiger charge is 2.02. The monoisotopic (exact) mass is 299 g/mol. The maximum absolute atomic E-state index is 11.5. The Morgan fingerprint density at radius 1 is 1.39 bits per heavy atom. The SMILES string of the molecule is O=C(C=Cc1ccc(Cl)cc1Cl)Nc1nncs1. The van der Waals surface area contributed by atoms with Crippen molar-refractivity contribution in [1.82, 2.24) is 10.2 Å². The summed E-state index contributed by atoms with van der Waals surface area (Å²) in [4.78, 5) is 11.5. The van der Waals surface area contributed by atoms with Crippen molar-refractivity contribution in [3.05, 3.63) is 45.4 Å². The van der Waals surface area contributed by atoms with Gasteiger partial charge in [0.2, 0.25) is 11.0 Å². The molecule has 2 aromatic rings. The van der Waals surface area contributed by atoms with Crippen LogP contribution < -0.4 is 5.32 Å². The summed E-state index contributed by atoms with van der Waals surface area (Å²) in [5, 5.41) is 11.4. The fourth-order valence-electron chi connectivity index (χ4n) is 1.18. The Morgan fingerprint density at radius 3 is 2.89 bits per heavy atom. The van der Waals surface area contributed by atoms with E-state index in [2.05, 4.69) is 15.5 Å². The van der Waals surface area contributed by atoms with Crippen LogP contribution in [0.15, 0.2) is 29.8 Å². The van der Waals surface area contributed by atoms with Crippen molar-refractivity contribution in [3.8, 4) is 0 Å². The number of rotatable bonds is 3. The molecule has 0 aliphatic rings. The van der Waals surface area contributed by atoms with Gasteiger partial charge in [-0.2, -0.15) is 0 Å². The van der Waals surface area contributed by atoms with Gasteiger partial charge in [-0.3, -0.25) is 10.1 Å². The number of anilines is 1. The highest BCUT2D eigenvalue weighted by molar-refractivity contribution is 7.13. The van der Waals surface area contributed by atoms with Crippen molar-refractivity contribution in [1.29, 1.82) is 0 Å². The number of hydrogen-bond donors (Lipinski definition) is 1. The molecule has 2 rings (SSSR count). The van der Waals surface area contributed by atoms with Crippen LogP contribution in [0.5, 0.6) is 0 Å². The van der Waals surface area contributed by atoms with Gasteiger partial charge in [0.1, 0.15) is 5.51 Å². The Labute approximate surface area is 117 Å². The number of carbonyl (C=O) groups excluding carboxylic acids is 1. The summed E-state index contributed by atoms with van der Waals surface area (Å²) in [6.45, 7) is 0. The first kappa shape index (κ1) is 13.0. The zero-order valence-electron chi connectivity index (χ0n) is 8.93. The molecule has 0 radical (unpaired) electrons. The second-order valence-corrected chi connectivity index (χ2v) is 4.91. The lowest BCUT2D eigenvalue weighted by atomic mass is 10.2. The molecule has 0 atom stereocenters. The maximum atomic E-state index is 11.5. The van der Waals surface area contributed by atoms with E-state index in [1.54, 1.807) is 24.3 Å². The molecule has 1 amide bonds. The molecule has 1 aromatic carbocycles. The van der Waals surface area contributed by atoms with Crippen LogP contribution in [0, 0.1) is 0 Å². The first-order chi connectivity index (χ1) is 8.65. The first-order valence-corrected chi connectivity index (χ1v) is 6.49. The molecule has 0 unspecified atom stereocenters. The fourth-order valence-corrected chi connectivity index (χ4v) is 2.10. The molecule has 92 valence electrons. The minimum absolute atomic E-state index is 0.294. The zero-order chi connectivity index (χ0) is 13.0. The molecule has 4 nitrogen and oxygen atoms in total. The van der Waals surface area contributed by atoms with Crippen molar-refractivity contribution in [2.24, 2.45) is 0 Å². The highest BCUT2D eigenvalue weighted by Crippen LogP contribution is 2.22. The molecule has 0 saturated carbocycles. The van der Waals surface area contributed by atoms with Gasteiger partial charge in [0.25, 0.3) is 0 Å². The third-order valence-corrected chi connectivity index (χ3v) is 3.14. The van der Waals surface area contributed by atoms with Gasteiger partial charge in [-0.15, -0.1) is 10.2 Å². The van der Waals surface area contributed by atoms with Crippen LogP contribution in [-0.2, 0) is 4.79 Å². The number of nitrogens with one attached hydrogen (secondary N) is 1. The minimum Gasteiger partial charge on any atom is -0.297 e. The number of carbonyl (C=O) groups is 1. The van der Waals surface area contributed by atoms with Gasteiger partial charge in [0, 0.05) is 16.1 Å². The molecule has 0 fully saturated rings. The van der Waals surface area contributed by atoms with Crippen LogP contribution in [-0.4, -0.2) is 16.1 Å². The molecule has 1 heterocycles. The predicted octanol–water partition coefficient (Wildman–Crippen LogP) is 3.50. The van der Waals surface area contributed by atoms with Crippen LogP contribution in [0.3, 0.4) is 0 Å². The number of aromatic nitrogens is 2. The van der Waals surface area contributed by atoms with E-state index < -0.39 is 0 Å². The van der Waals surface area contributed by atoms with Crippen LogP contribution in [0.4, 0.5) is 5.13 Å².